The van der Waals surface area contributed by atoms with Crippen LogP contribution in [0, 0.1) is 0 Å². The van der Waals surface area contributed by atoms with Crippen LogP contribution in [0.1, 0.15) is 12.1 Å². The molecule has 102 valence electrons. The van der Waals surface area contributed by atoms with E-state index in [9.17, 15) is 0 Å². The highest BCUT2D eigenvalue weighted by Gasteiger charge is 2.11. The van der Waals surface area contributed by atoms with E-state index in [1.54, 1.807) is 0 Å². The topological polar surface area (TPSA) is 35.3 Å². The van der Waals surface area contributed by atoms with Crippen LogP contribution < -0.4 is 4.74 Å². The largest absolute Gasteiger partial charge is 0.494 e. The van der Waals surface area contributed by atoms with Crippen molar-refractivity contribution in [3.63, 3.8) is 0 Å². The summed E-state index contributed by atoms with van der Waals surface area (Å²) in [5.41, 5.74) is 1.57. The molecule has 0 fully saturated rings. The molecule has 0 aliphatic rings. The molecule has 1 aromatic carbocycles. The summed E-state index contributed by atoms with van der Waals surface area (Å²) < 4.78 is 11.6. The molecular formula is C13H12BrCl2NO2. The van der Waals surface area contributed by atoms with Gasteiger partial charge in [0.25, 0.3) is 0 Å². The fourth-order valence-electron chi connectivity index (χ4n) is 1.48. The lowest BCUT2D eigenvalue weighted by molar-refractivity contribution is 0.318. The van der Waals surface area contributed by atoms with E-state index in [0.717, 1.165) is 17.7 Å². The molecule has 1 heterocycles. The zero-order valence-electron chi connectivity index (χ0n) is 10.0. The monoisotopic (exact) mass is 363 g/mol. The predicted octanol–water partition coefficient (Wildman–Crippen LogP) is 4.85. The number of hydrogen-bond acceptors (Lipinski definition) is 3. The number of aromatic nitrogens is 1. The van der Waals surface area contributed by atoms with Crippen molar-refractivity contribution in [2.45, 2.75) is 12.3 Å². The van der Waals surface area contributed by atoms with Crippen molar-refractivity contribution in [3.8, 4) is 17.2 Å². The summed E-state index contributed by atoms with van der Waals surface area (Å²) in [5.74, 6) is 2.25. The van der Waals surface area contributed by atoms with Crippen LogP contribution >= 0.6 is 39.1 Å². The molecule has 0 N–H and O–H groups in total. The fourth-order valence-corrected chi connectivity index (χ4v) is 2.31. The fraction of sp³-hybridized carbons (Fsp3) is 0.308. The van der Waals surface area contributed by atoms with E-state index < -0.39 is 0 Å². The number of ether oxygens (including phenoxy) is 1. The third kappa shape index (κ3) is 3.88. The van der Waals surface area contributed by atoms with Crippen LogP contribution in [-0.2, 0) is 5.88 Å². The highest BCUT2D eigenvalue weighted by atomic mass is 79.9. The number of benzene rings is 1. The van der Waals surface area contributed by atoms with Crippen molar-refractivity contribution in [3.05, 3.63) is 34.6 Å². The Morgan fingerprint density at radius 1 is 1.21 bits per heavy atom. The Morgan fingerprint density at radius 3 is 2.53 bits per heavy atom. The van der Waals surface area contributed by atoms with Gasteiger partial charge in [-0.15, -0.1) is 23.2 Å². The van der Waals surface area contributed by atoms with Gasteiger partial charge in [0, 0.05) is 11.4 Å². The molecule has 0 bridgehead atoms. The molecule has 0 saturated carbocycles. The molecule has 1 aromatic heterocycles. The smallest absolute Gasteiger partial charge is 0.227 e. The molecule has 19 heavy (non-hydrogen) atoms. The molecule has 2 aromatic rings. The summed E-state index contributed by atoms with van der Waals surface area (Å²) in [6.45, 7) is 0.615. The van der Waals surface area contributed by atoms with Crippen LogP contribution in [0.25, 0.3) is 11.5 Å². The average molecular weight is 365 g/mol. The third-order valence-corrected chi connectivity index (χ3v) is 3.56. The Labute approximate surface area is 130 Å². The highest BCUT2D eigenvalue weighted by Crippen LogP contribution is 2.27. The van der Waals surface area contributed by atoms with E-state index in [1.165, 1.54) is 0 Å². The van der Waals surface area contributed by atoms with Crippen molar-refractivity contribution in [2.75, 3.05) is 12.5 Å². The van der Waals surface area contributed by atoms with Crippen LogP contribution in [0.3, 0.4) is 0 Å². The summed E-state index contributed by atoms with van der Waals surface area (Å²) in [7, 11) is 0. The van der Waals surface area contributed by atoms with E-state index in [1.807, 2.05) is 24.3 Å². The predicted molar refractivity (Wildman–Crippen MR) is 80.0 cm³/mol. The molecule has 6 heteroatoms. The van der Waals surface area contributed by atoms with Crippen LogP contribution in [0.15, 0.2) is 33.4 Å². The maximum Gasteiger partial charge on any atom is 0.227 e. The number of rotatable bonds is 6. The van der Waals surface area contributed by atoms with Gasteiger partial charge in [0.15, 0.2) is 4.67 Å². The molecule has 0 unspecified atom stereocenters. The van der Waals surface area contributed by atoms with Gasteiger partial charge in [0.2, 0.25) is 5.89 Å². The lowest BCUT2D eigenvalue weighted by atomic mass is 10.2. The standard InChI is InChI=1S/C13H12BrCl2NO2/c14-12-11(8-16)17-13(19-12)9-2-4-10(5-3-9)18-7-1-6-15/h2-5H,1,6-8H2. The number of halogens is 3. The lowest BCUT2D eigenvalue weighted by Crippen LogP contribution is -1.97. The quantitative estimate of drug-likeness (QED) is 0.542. The van der Waals surface area contributed by atoms with Crippen LogP contribution in [-0.4, -0.2) is 17.5 Å². The van der Waals surface area contributed by atoms with E-state index in [0.29, 0.717) is 34.6 Å². The first-order chi connectivity index (χ1) is 9.24. The zero-order valence-corrected chi connectivity index (χ0v) is 13.1. The molecule has 0 saturated heterocycles. The second-order valence-corrected chi connectivity index (χ2v) is 5.15. The maximum absolute atomic E-state index is 5.75. The van der Waals surface area contributed by atoms with Gasteiger partial charge in [0.1, 0.15) is 11.4 Å². The Hall–Kier alpha value is -0.710. The van der Waals surface area contributed by atoms with Gasteiger partial charge < -0.3 is 9.15 Å². The van der Waals surface area contributed by atoms with E-state index in [-0.39, 0.29) is 0 Å². The summed E-state index contributed by atoms with van der Waals surface area (Å²) in [6, 6.07) is 7.54. The molecule has 0 aliphatic carbocycles. The highest BCUT2D eigenvalue weighted by molar-refractivity contribution is 9.10. The Balaban J connectivity index is 2.08. The van der Waals surface area contributed by atoms with Gasteiger partial charge in [0.05, 0.1) is 12.5 Å². The van der Waals surface area contributed by atoms with Gasteiger partial charge in [-0.2, -0.15) is 0 Å². The summed E-state index contributed by atoms with van der Waals surface area (Å²) in [5, 5.41) is 0. The Bertz CT molecular complexity index is 528. The van der Waals surface area contributed by atoms with Crippen molar-refractivity contribution >= 4 is 39.1 Å². The molecule has 0 radical (unpaired) electrons. The summed E-state index contributed by atoms with van der Waals surface area (Å²) in [6.07, 6.45) is 0.828. The number of oxazole rings is 1. The van der Waals surface area contributed by atoms with Crippen LogP contribution in [0.5, 0.6) is 5.75 Å². The first-order valence-corrected chi connectivity index (χ1v) is 7.61. The second-order valence-electron chi connectivity index (χ2n) is 3.79. The zero-order chi connectivity index (χ0) is 13.7. The molecule has 0 amide bonds. The molecule has 0 atom stereocenters. The van der Waals surface area contributed by atoms with Gasteiger partial charge in [-0.1, -0.05) is 0 Å². The van der Waals surface area contributed by atoms with E-state index in [4.69, 9.17) is 32.4 Å². The minimum atomic E-state index is 0.309. The summed E-state index contributed by atoms with van der Waals surface area (Å²) in [4.78, 5) is 4.30. The van der Waals surface area contributed by atoms with E-state index >= 15 is 0 Å². The Kier molecular flexibility index (Phi) is 5.55. The van der Waals surface area contributed by atoms with Gasteiger partial charge in [-0.3, -0.25) is 0 Å². The second kappa shape index (κ2) is 7.17. The average Bonchev–Trinajstić information content (AvgIpc) is 2.81. The van der Waals surface area contributed by atoms with Crippen molar-refractivity contribution in [1.29, 1.82) is 0 Å². The normalized spacial score (nSPS) is 10.7. The van der Waals surface area contributed by atoms with Crippen molar-refractivity contribution in [1.82, 2.24) is 4.98 Å². The SMILES string of the molecule is ClCCCOc1ccc(-c2nc(CCl)c(Br)o2)cc1. The van der Waals surface area contributed by atoms with Crippen molar-refractivity contribution < 1.29 is 9.15 Å². The van der Waals surface area contributed by atoms with Gasteiger partial charge in [-0.25, -0.2) is 4.98 Å². The molecule has 2 rings (SSSR count). The lowest BCUT2D eigenvalue weighted by Gasteiger charge is -2.04. The number of alkyl halides is 2. The van der Waals surface area contributed by atoms with Gasteiger partial charge in [-0.05, 0) is 46.6 Å². The minimum Gasteiger partial charge on any atom is -0.494 e. The molecule has 0 aliphatic heterocycles. The molecule has 0 spiro atoms. The van der Waals surface area contributed by atoms with Crippen LogP contribution in [0.4, 0.5) is 0 Å². The minimum absolute atomic E-state index is 0.309. The first-order valence-electron chi connectivity index (χ1n) is 5.75. The van der Waals surface area contributed by atoms with Crippen LogP contribution in [0.2, 0.25) is 0 Å². The number of hydrogen-bond donors (Lipinski definition) is 0. The maximum atomic E-state index is 5.75. The van der Waals surface area contributed by atoms with Gasteiger partial charge >= 0.3 is 0 Å². The van der Waals surface area contributed by atoms with Crippen molar-refractivity contribution in [2.24, 2.45) is 0 Å². The summed E-state index contributed by atoms with van der Waals surface area (Å²) >= 11 is 14.6. The first kappa shape index (κ1) is 14.7. The van der Waals surface area contributed by atoms with E-state index in [2.05, 4.69) is 20.9 Å². The molecular weight excluding hydrogens is 353 g/mol. The Morgan fingerprint density at radius 2 is 1.95 bits per heavy atom. The third-order valence-electron chi connectivity index (χ3n) is 2.42. The molecule has 3 nitrogen and oxygen atoms in total. The number of nitrogens with zero attached hydrogens (tertiary/aromatic N) is 1.